The zero-order valence-electron chi connectivity index (χ0n) is 15.5. The molecule has 0 aliphatic heterocycles. The van der Waals surface area contributed by atoms with Gasteiger partial charge in [0.25, 0.3) is 0 Å². The number of amides is 1. The van der Waals surface area contributed by atoms with Gasteiger partial charge in [0.1, 0.15) is 5.75 Å². The molecule has 4 nitrogen and oxygen atoms in total. The highest BCUT2D eigenvalue weighted by atomic mass is 16.5. The van der Waals surface area contributed by atoms with Crippen LogP contribution in [0.15, 0.2) is 30.3 Å². The molecule has 0 saturated heterocycles. The van der Waals surface area contributed by atoms with Crippen LogP contribution < -0.4 is 10.1 Å². The Kier molecular flexibility index (Phi) is 5.97. The van der Waals surface area contributed by atoms with Gasteiger partial charge in [-0.1, -0.05) is 29.3 Å². The Morgan fingerprint density at radius 3 is 2.16 bits per heavy atom. The van der Waals surface area contributed by atoms with E-state index in [9.17, 15) is 9.59 Å². The summed E-state index contributed by atoms with van der Waals surface area (Å²) in [6, 6.07) is 9.54. The summed E-state index contributed by atoms with van der Waals surface area (Å²) in [5.74, 6) is 0.296. The summed E-state index contributed by atoms with van der Waals surface area (Å²) in [5.41, 5.74) is 5.55. The molecular formula is C21H25NO3. The summed E-state index contributed by atoms with van der Waals surface area (Å²) in [4.78, 5) is 24.7. The van der Waals surface area contributed by atoms with Crippen molar-refractivity contribution in [2.75, 3.05) is 12.4 Å². The molecule has 0 bridgehead atoms. The molecule has 0 aliphatic carbocycles. The molecule has 0 radical (unpaired) electrons. The number of carbonyl (C=O) groups excluding carboxylic acids is 2. The number of rotatable bonds is 6. The molecule has 1 N–H and O–H groups in total. The molecule has 2 aromatic rings. The number of methoxy groups -OCH3 is 1. The second kappa shape index (κ2) is 7.97. The first-order valence-corrected chi connectivity index (χ1v) is 8.37. The lowest BCUT2D eigenvalue weighted by molar-refractivity contribution is -0.116. The molecule has 0 aromatic heterocycles. The van der Waals surface area contributed by atoms with Crippen molar-refractivity contribution in [2.24, 2.45) is 0 Å². The van der Waals surface area contributed by atoms with Gasteiger partial charge in [-0.3, -0.25) is 9.59 Å². The SMILES string of the molecule is COc1ccc(C)cc1C(=O)CCC(=O)Nc1c(C)cc(C)cc1C. The maximum Gasteiger partial charge on any atom is 0.224 e. The molecule has 1 amide bonds. The third-order valence-electron chi connectivity index (χ3n) is 4.18. The van der Waals surface area contributed by atoms with Crippen molar-refractivity contribution in [3.05, 3.63) is 58.1 Å². The average Bonchev–Trinajstić information content (AvgIpc) is 2.55. The van der Waals surface area contributed by atoms with Crippen molar-refractivity contribution in [3.63, 3.8) is 0 Å². The fourth-order valence-corrected chi connectivity index (χ4v) is 2.98. The van der Waals surface area contributed by atoms with Gasteiger partial charge in [-0.15, -0.1) is 0 Å². The number of hydrogen-bond acceptors (Lipinski definition) is 3. The van der Waals surface area contributed by atoms with Gasteiger partial charge in [0.05, 0.1) is 12.7 Å². The molecule has 4 heteroatoms. The largest absolute Gasteiger partial charge is 0.496 e. The van der Waals surface area contributed by atoms with E-state index in [2.05, 4.69) is 5.32 Å². The molecule has 2 aromatic carbocycles. The fourth-order valence-electron chi connectivity index (χ4n) is 2.98. The van der Waals surface area contributed by atoms with Crippen LogP contribution in [-0.4, -0.2) is 18.8 Å². The molecule has 2 rings (SSSR count). The van der Waals surface area contributed by atoms with E-state index in [1.54, 1.807) is 12.1 Å². The van der Waals surface area contributed by atoms with Gasteiger partial charge in [-0.25, -0.2) is 0 Å². The van der Waals surface area contributed by atoms with Gasteiger partial charge in [-0.05, 0) is 51.0 Å². The maximum absolute atomic E-state index is 12.5. The first-order valence-electron chi connectivity index (χ1n) is 8.37. The van der Waals surface area contributed by atoms with Crippen LogP contribution in [0, 0.1) is 27.7 Å². The Hall–Kier alpha value is -2.62. The van der Waals surface area contributed by atoms with Crippen LogP contribution in [0.4, 0.5) is 5.69 Å². The van der Waals surface area contributed by atoms with Crippen molar-refractivity contribution < 1.29 is 14.3 Å². The second-order valence-electron chi connectivity index (χ2n) is 6.45. The molecular weight excluding hydrogens is 314 g/mol. The van der Waals surface area contributed by atoms with E-state index in [0.717, 1.165) is 27.9 Å². The fraction of sp³-hybridized carbons (Fsp3) is 0.333. The topological polar surface area (TPSA) is 55.4 Å². The van der Waals surface area contributed by atoms with Crippen molar-refractivity contribution in [1.29, 1.82) is 0 Å². The summed E-state index contributed by atoms with van der Waals surface area (Å²) in [6.07, 6.45) is 0.290. The van der Waals surface area contributed by atoms with E-state index in [4.69, 9.17) is 4.74 Å². The highest BCUT2D eigenvalue weighted by Crippen LogP contribution is 2.24. The summed E-state index contributed by atoms with van der Waals surface area (Å²) < 4.78 is 5.25. The van der Waals surface area contributed by atoms with Gasteiger partial charge >= 0.3 is 0 Å². The van der Waals surface area contributed by atoms with Gasteiger partial charge in [0, 0.05) is 18.5 Å². The van der Waals surface area contributed by atoms with Crippen LogP contribution in [0.2, 0.25) is 0 Å². The van der Waals surface area contributed by atoms with Crippen LogP contribution in [0.1, 0.15) is 45.5 Å². The number of ketones is 1. The number of carbonyl (C=O) groups is 2. The Balaban J connectivity index is 2.03. The van der Waals surface area contributed by atoms with Crippen LogP contribution in [0.25, 0.3) is 0 Å². The molecule has 0 heterocycles. The van der Waals surface area contributed by atoms with Crippen LogP contribution in [0.5, 0.6) is 5.75 Å². The lowest BCUT2D eigenvalue weighted by atomic mass is 10.0. The molecule has 132 valence electrons. The van der Waals surface area contributed by atoms with Crippen molar-refractivity contribution in [1.82, 2.24) is 0 Å². The van der Waals surface area contributed by atoms with Gasteiger partial charge in [0.15, 0.2) is 5.78 Å². The highest BCUT2D eigenvalue weighted by molar-refractivity contribution is 6.02. The lowest BCUT2D eigenvalue weighted by Gasteiger charge is -2.13. The normalized spacial score (nSPS) is 10.4. The molecule has 0 saturated carbocycles. The third kappa shape index (κ3) is 4.69. The first-order chi connectivity index (χ1) is 11.8. The van der Waals surface area contributed by atoms with E-state index in [1.165, 1.54) is 7.11 Å². The maximum atomic E-state index is 12.5. The van der Waals surface area contributed by atoms with Crippen molar-refractivity contribution in [2.45, 2.75) is 40.5 Å². The van der Waals surface area contributed by atoms with E-state index in [1.807, 2.05) is 45.9 Å². The summed E-state index contributed by atoms with van der Waals surface area (Å²) in [6.45, 7) is 7.89. The highest BCUT2D eigenvalue weighted by Gasteiger charge is 2.15. The predicted molar refractivity (Wildman–Crippen MR) is 101 cm³/mol. The zero-order valence-corrected chi connectivity index (χ0v) is 15.5. The van der Waals surface area contributed by atoms with Gasteiger partial charge < -0.3 is 10.1 Å². The van der Waals surface area contributed by atoms with E-state index < -0.39 is 0 Å². The summed E-state index contributed by atoms with van der Waals surface area (Å²) in [7, 11) is 1.54. The number of nitrogens with one attached hydrogen (secondary N) is 1. The minimum atomic E-state index is -0.157. The number of anilines is 1. The third-order valence-corrected chi connectivity index (χ3v) is 4.18. The monoisotopic (exact) mass is 339 g/mol. The van der Waals surface area contributed by atoms with Crippen molar-refractivity contribution >= 4 is 17.4 Å². The number of hydrogen-bond donors (Lipinski definition) is 1. The standard InChI is InChI=1S/C21H25NO3/c1-13-6-8-19(25-5)17(12-13)18(23)7-9-20(24)22-21-15(3)10-14(2)11-16(21)4/h6,8,10-12H,7,9H2,1-5H3,(H,22,24). The van der Waals surface area contributed by atoms with Gasteiger partial charge in [-0.2, -0.15) is 0 Å². The van der Waals surface area contributed by atoms with E-state index >= 15 is 0 Å². The summed E-state index contributed by atoms with van der Waals surface area (Å²) >= 11 is 0. The minimum absolute atomic E-state index is 0.0898. The average molecular weight is 339 g/mol. The Bertz CT molecular complexity index is 786. The molecule has 0 unspecified atom stereocenters. The van der Waals surface area contributed by atoms with Gasteiger partial charge in [0.2, 0.25) is 5.91 Å². The van der Waals surface area contributed by atoms with Crippen LogP contribution >= 0.6 is 0 Å². The Morgan fingerprint density at radius 2 is 1.56 bits per heavy atom. The van der Waals surface area contributed by atoms with Crippen LogP contribution in [-0.2, 0) is 4.79 Å². The molecule has 0 spiro atoms. The first kappa shape index (κ1) is 18.7. The summed E-state index contributed by atoms with van der Waals surface area (Å²) in [5, 5.41) is 2.93. The number of aryl methyl sites for hydroxylation is 4. The molecule has 0 atom stereocenters. The predicted octanol–water partition coefficient (Wildman–Crippen LogP) is 4.53. The number of ether oxygens (including phenoxy) is 1. The quantitative estimate of drug-likeness (QED) is 0.787. The zero-order chi connectivity index (χ0) is 18.6. The lowest BCUT2D eigenvalue weighted by Crippen LogP contribution is -2.15. The minimum Gasteiger partial charge on any atom is -0.496 e. The number of benzene rings is 2. The molecule has 0 fully saturated rings. The Morgan fingerprint density at radius 1 is 0.920 bits per heavy atom. The van der Waals surface area contributed by atoms with Crippen molar-refractivity contribution in [3.8, 4) is 5.75 Å². The smallest absolute Gasteiger partial charge is 0.224 e. The second-order valence-corrected chi connectivity index (χ2v) is 6.45. The molecule has 0 aliphatic rings. The molecule has 25 heavy (non-hydrogen) atoms. The van der Waals surface area contributed by atoms with Crippen LogP contribution in [0.3, 0.4) is 0 Å². The van der Waals surface area contributed by atoms with E-state index in [-0.39, 0.29) is 24.5 Å². The van der Waals surface area contributed by atoms with E-state index in [0.29, 0.717) is 11.3 Å². The number of Topliss-reactive ketones (excluding diaryl/α,β-unsaturated/α-hetero) is 1. The Labute approximate surface area is 149 Å².